The first-order valence-corrected chi connectivity index (χ1v) is 5.95. The zero-order valence-electron chi connectivity index (χ0n) is 10.3. The molecule has 0 aromatic heterocycles. The topological polar surface area (TPSA) is 26.0 Å². The van der Waals surface area contributed by atoms with Crippen LogP contribution in [0.25, 0.3) is 0 Å². The van der Waals surface area contributed by atoms with Gasteiger partial charge in [-0.05, 0) is 55.9 Å². The lowest BCUT2D eigenvalue weighted by Gasteiger charge is -2.23. The largest absolute Gasteiger partial charge is 0.328 e. The maximum absolute atomic E-state index is 14.8. The second kappa shape index (κ2) is 3.85. The first-order valence-electron chi connectivity index (χ1n) is 5.95. The lowest BCUT2D eigenvalue weighted by atomic mass is 9.87. The van der Waals surface area contributed by atoms with E-state index < -0.39 is 5.67 Å². The molecule has 2 unspecified atom stereocenters. The SMILES string of the molecule is Cc1cc(C)c(C2(F)CCC(N)C2)cc1C. The van der Waals surface area contributed by atoms with Crippen LogP contribution in [0.4, 0.5) is 4.39 Å². The van der Waals surface area contributed by atoms with Gasteiger partial charge in [0.2, 0.25) is 0 Å². The predicted octanol–water partition coefficient (Wildman–Crippen LogP) is 3.29. The molecule has 0 saturated heterocycles. The number of hydrogen-bond acceptors (Lipinski definition) is 1. The summed E-state index contributed by atoms with van der Waals surface area (Å²) in [4.78, 5) is 0. The third-order valence-electron chi connectivity index (χ3n) is 3.82. The van der Waals surface area contributed by atoms with Gasteiger partial charge < -0.3 is 5.73 Å². The summed E-state index contributed by atoms with van der Waals surface area (Å²) in [5.74, 6) is 0. The number of rotatable bonds is 1. The van der Waals surface area contributed by atoms with E-state index in [1.807, 2.05) is 19.9 Å². The van der Waals surface area contributed by atoms with Crippen LogP contribution in [0.5, 0.6) is 0 Å². The summed E-state index contributed by atoms with van der Waals surface area (Å²) in [6.45, 7) is 6.10. The third-order valence-corrected chi connectivity index (χ3v) is 3.82. The van der Waals surface area contributed by atoms with Crippen LogP contribution in [0.15, 0.2) is 12.1 Å². The lowest BCUT2D eigenvalue weighted by Crippen LogP contribution is -2.22. The Morgan fingerprint density at radius 2 is 1.81 bits per heavy atom. The van der Waals surface area contributed by atoms with Crippen LogP contribution >= 0.6 is 0 Å². The average Bonchev–Trinajstić information content (AvgIpc) is 2.53. The van der Waals surface area contributed by atoms with Crippen molar-refractivity contribution in [3.05, 3.63) is 34.4 Å². The molecule has 0 heterocycles. The fraction of sp³-hybridized carbons (Fsp3) is 0.571. The Hall–Kier alpha value is -0.890. The number of aryl methyl sites for hydroxylation is 3. The molecule has 1 saturated carbocycles. The maximum Gasteiger partial charge on any atom is 0.137 e. The fourth-order valence-corrected chi connectivity index (χ4v) is 2.72. The summed E-state index contributed by atoms with van der Waals surface area (Å²) < 4.78 is 14.8. The summed E-state index contributed by atoms with van der Waals surface area (Å²) in [5.41, 5.74) is 8.93. The van der Waals surface area contributed by atoms with E-state index in [1.165, 1.54) is 5.56 Å². The molecule has 1 aromatic rings. The van der Waals surface area contributed by atoms with E-state index in [0.29, 0.717) is 12.8 Å². The van der Waals surface area contributed by atoms with E-state index in [9.17, 15) is 4.39 Å². The summed E-state index contributed by atoms with van der Waals surface area (Å²) in [7, 11) is 0. The quantitative estimate of drug-likeness (QED) is 0.773. The second-order valence-electron chi connectivity index (χ2n) is 5.22. The molecule has 16 heavy (non-hydrogen) atoms. The zero-order valence-corrected chi connectivity index (χ0v) is 10.3. The smallest absolute Gasteiger partial charge is 0.137 e. The van der Waals surface area contributed by atoms with Crippen molar-refractivity contribution in [3.8, 4) is 0 Å². The highest BCUT2D eigenvalue weighted by atomic mass is 19.1. The average molecular weight is 221 g/mol. The van der Waals surface area contributed by atoms with E-state index >= 15 is 0 Å². The molecule has 0 aliphatic heterocycles. The highest BCUT2D eigenvalue weighted by molar-refractivity contribution is 5.40. The van der Waals surface area contributed by atoms with Gasteiger partial charge in [0.15, 0.2) is 0 Å². The van der Waals surface area contributed by atoms with Crippen LogP contribution < -0.4 is 5.73 Å². The van der Waals surface area contributed by atoms with Crippen molar-refractivity contribution in [1.29, 1.82) is 0 Å². The monoisotopic (exact) mass is 221 g/mol. The van der Waals surface area contributed by atoms with Crippen molar-refractivity contribution in [1.82, 2.24) is 0 Å². The molecule has 1 aromatic carbocycles. The fourth-order valence-electron chi connectivity index (χ4n) is 2.72. The molecule has 1 nitrogen and oxygen atoms in total. The minimum Gasteiger partial charge on any atom is -0.328 e. The molecule has 1 aliphatic carbocycles. The number of nitrogens with two attached hydrogens (primary N) is 1. The first kappa shape index (κ1) is 11.6. The van der Waals surface area contributed by atoms with Gasteiger partial charge in [-0.3, -0.25) is 0 Å². The Labute approximate surface area is 96.9 Å². The molecule has 0 bridgehead atoms. The molecule has 2 rings (SSSR count). The van der Waals surface area contributed by atoms with Crippen LogP contribution in [0.2, 0.25) is 0 Å². The van der Waals surface area contributed by atoms with Crippen LogP contribution in [0.1, 0.15) is 41.5 Å². The van der Waals surface area contributed by atoms with Crippen molar-refractivity contribution >= 4 is 0 Å². The van der Waals surface area contributed by atoms with Crippen LogP contribution in [0, 0.1) is 20.8 Å². The van der Waals surface area contributed by atoms with Crippen molar-refractivity contribution < 1.29 is 4.39 Å². The third kappa shape index (κ3) is 1.86. The van der Waals surface area contributed by atoms with Crippen LogP contribution in [-0.4, -0.2) is 6.04 Å². The van der Waals surface area contributed by atoms with Crippen molar-refractivity contribution in [2.45, 2.75) is 51.7 Å². The van der Waals surface area contributed by atoms with E-state index in [2.05, 4.69) is 13.0 Å². The van der Waals surface area contributed by atoms with Gasteiger partial charge in [0, 0.05) is 12.5 Å². The zero-order chi connectivity index (χ0) is 11.9. The van der Waals surface area contributed by atoms with Gasteiger partial charge in [-0.15, -0.1) is 0 Å². The summed E-state index contributed by atoms with van der Waals surface area (Å²) in [6.07, 6.45) is 1.83. The summed E-state index contributed by atoms with van der Waals surface area (Å²) >= 11 is 0. The highest BCUT2D eigenvalue weighted by Gasteiger charge is 2.40. The van der Waals surface area contributed by atoms with Crippen molar-refractivity contribution in [2.75, 3.05) is 0 Å². The molecular weight excluding hydrogens is 201 g/mol. The van der Waals surface area contributed by atoms with E-state index in [0.717, 1.165) is 23.1 Å². The Bertz CT molecular complexity index is 413. The summed E-state index contributed by atoms with van der Waals surface area (Å²) in [5, 5.41) is 0. The maximum atomic E-state index is 14.8. The van der Waals surface area contributed by atoms with E-state index in [4.69, 9.17) is 5.73 Å². The minimum absolute atomic E-state index is 0.0195. The van der Waals surface area contributed by atoms with E-state index in [1.54, 1.807) is 0 Å². The van der Waals surface area contributed by atoms with Crippen LogP contribution in [-0.2, 0) is 5.67 Å². The Balaban J connectivity index is 2.44. The Kier molecular flexibility index (Phi) is 2.79. The summed E-state index contributed by atoms with van der Waals surface area (Å²) in [6, 6.07) is 4.10. The molecular formula is C14H20FN. The highest BCUT2D eigenvalue weighted by Crippen LogP contribution is 2.43. The first-order chi connectivity index (χ1) is 7.42. The Morgan fingerprint density at radius 3 is 2.38 bits per heavy atom. The van der Waals surface area contributed by atoms with Crippen molar-refractivity contribution in [3.63, 3.8) is 0 Å². The number of benzene rings is 1. The minimum atomic E-state index is -1.19. The second-order valence-corrected chi connectivity index (χ2v) is 5.22. The number of alkyl halides is 1. The van der Waals surface area contributed by atoms with Gasteiger partial charge in [-0.25, -0.2) is 4.39 Å². The van der Waals surface area contributed by atoms with Gasteiger partial charge in [-0.1, -0.05) is 12.1 Å². The van der Waals surface area contributed by atoms with Gasteiger partial charge in [0.1, 0.15) is 5.67 Å². The lowest BCUT2D eigenvalue weighted by molar-refractivity contribution is 0.171. The molecule has 1 fully saturated rings. The van der Waals surface area contributed by atoms with Crippen molar-refractivity contribution in [2.24, 2.45) is 5.73 Å². The van der Waals surface area contributed by atoms with Gasteiger partial charge >= 0.3 is 0 Å². The molecule has 2 atom stereocenters. The number of hydrogen-bond donors (Lipinski definition) is 1. The van der Waals surface area contributed by atoms with Gasteiger partial charge in [0.05, 0.1) is 0 Å². The van der Waals surface area contributed by atoms with Gasteiger partial charge in [-0.2, -0.15) is 0 Å². The molecule has 1 aliphatic rings. The Morgan fingerprint density at radius 1 is 1.19 bits per heavy atom. The predicted molar refractivity (Wildman–Crippen MR) is 65.3 cm³/mol. The standard InChI is InChI=1S/C14H20FN/c1-9-6-11(3)13(7-10(9)2)14(15)5-4-12(16)8-14/h6-7,12H,4-5,8,16H2,1-3H3. The molecule has 0 amide bonds. The molecule has 0 radical (unpaired) electrons. The van der Waals surface area contributed by atoms with Crippen LogP contribution in [0.3, 0.4) is 0 Å². The molecule has 2 N–H and O–H groups in total. The normalized spacial score (nSPS) is 29.7. The molecule has 0 spiro atoms. The molecule has 88 valence electrons. The van der Waals surface area contributed by atoms with E-state index in [-0.39, 0.29) is 6.04 Å². The molecule has 2 heteroatoms. The number of halogens is 1. The van der Waals surface area contributed by atoms with Gasteiger partial charge in [0.25, 0.3) is 0 Å².